The van der Waals surface area contributed by atoms with Gasteiger partial charge in [-0.25, -0.2) is 9.38 Å². The van der Waals surface area contributed by atoms with Crippen LogP contribution in [0.3, 0.4) is 0 Å². The van der Waals surface area contributed by atoms with Gasteiger partial charge in [0, 0.05) is 38.3 Å². The topological polar surface area (TPSA) is 82.2 Å². The molecule has 5 rings (SSSR count). The van der Waals surface area contributed by atoms with Gasteiger partial charge in [-0.05, 0) is 60.4 Å². The molecule has 2 aliphatic rings. The summed E-state index contributed by atoms with van der Waals surface area (Å²) in [7, 11) is 0. The Hall–Kier alpha value is -4.62. The number of carbonyl (C=O) groups is 2. The Bertz CT molecular complexity index is 1600. The van der Waals surface area contributed by atoms with E-state index < -0.39 is 72.5 Å². The van der Waals surface area contributed by atoms with Gasteiger partial charge in [0.25, 0.3) is 11.8 Å². The van der Waals surface area contributed by atoms with E-state index in [1.165, 1.54) is 17.0 Å². The van der Waals surface area contributed by atoms with E-state index in [4.69, 9.17) is 5.73 Å². The van der Waals surface area contributed by atoms with Gasteiger partial charge in [0.1, 0.15) is 5.82 Å². The number of halogens is 7. The fourth-order valence-corrected chi connectivity index (χ4v) is 5.82. The number of nitrogens with two attached hydrogens (primary N) is 1. The lowest BCUT2D eigenvalue weighted by atomic mass is 9.84. The second-order valence-electron chi connectivity index (χ2n) is 11.2. The summed E-state index contributed by atoms with van der Waals surface area (Å²) < 4.78 is 94.8. The van der Waals surface area contributed by atoms with Crippen LogP contribution in [0.4, 0.5) is 36.4 Å². The van der Waals surface area contributed by atoms with Crippen molar-refractivity contribution in [3.05, 3.63) is 101 Å². The van der Waals surface area contributed by atoms with E-state index in [1.54, 1.807) is 0 Å². The molecule has 0 saturated carbocycles. The quantitative estimate of drug-likeness (QED) is 0.300. The Labute approximate surface area is 260 Å². The maximum Gasteiger partial charge on any atom is 0.417 e. The van der Waals surface area contributed by atoms with Crippen LogP contribution in [-0.2, 0) is 23.1 Å². The molecule has 1 saturated heterocycles. The number of aliphatic imine (C=N–C) groups is 1. The number of anilines is 1. The van der Waals surface area contributed by atoms with Crippen LogP contribution < -0.4 is 10.6 Å². The molecular formula is C32H30F7N5O2. The van der Waals surface area contributed by atoms with Crippen molar-refractivity contribution in [3.8, 4) is 0 Å². The fraction of sp³-hybridized carbons (Fsp3) is 0.344. The molecule has 0 spiro atoms. The maximum absolute atomic E-state index is 14.1. The molecule has 0 aromatic heterocycles. The van der Waals surface area contributed by atoms with Crippen molar-refractivity contribution < 1.29 is 40.3 Å². The van der Waals surface area contributed by atoms with Crippen LogP contribution in [0.1, 0.15) is 46.3 Å². The molecule has 46 heavy (non-hydrogen) atoms. The Morgan fingerprint density at radius 2 is 1.54 bits per heavy atom. The summed E-state index contributed by atoms with van der Waals surface area (Å²) in [5.74, 6) is -2.66. The molecule has 1 atom stereocenters. The van der Waals surface area contributed by atoms with Gasteiger partial charge in [-0.1, -0.05) is 36.4 Å². The van der Waals surface area contributed by atoms with Crippen LogP contribution >= 0.6 is 0 Å². The summed E-state index contributed by atoms with van der Waals surface area (Å²) in [6, 6.07) is 16.8. The molecule has 1 fully saturated rings. The number of amides is 2. The monoisotopic (exact) mass is 649 g/mol. The first-order chi connectivity index (χ1) is 21.7. The average Bonchev–Trinajstić information content (AvgIpc) is 3.25. The van der Waals surface area contributed by atoms with Crippen molar-refractivity contribution in [2.75, 3.05) is 31.1 Å². The minimum atomic E-state index is -4.85. The number of piperazine rings is 1. The second kappa shape index (κ2) is 12.6. The number of rotatable bonds is 8. The first-order valence-corrected chi connectivity index (χ1v) is 14.5. The summed E-state index contributed by atoms with van der Waals surface area (Å²) in [5, 5.41) is 0. The SMILES string of the molecule is NC1=N[C@](CCCC(F)(F)F)(c2ccc(F)cc2)C(=O)N1Cc1ccc(C(F)(F)F)c(C(=O)N2CCN(c3ccccc3)CC2)c1. The fourth-order valence-electron chi connectivity index (χ4n) is 5.82. The zero-order valence-electron chi connectivity index (χ0n) is 24.4. The lowest BCUT2D eigenvalue weighted by Gasteiger charge is -2.36. The lowest BCUT2D eigenvalue weighted by molar-refractivity contribution is -0.139. The third-order valence-corrected chi connectivity index (χ3v) is 8.15. The summed E-state index contributed by atoms with van der Waals surface area (Å²) in [4.78, 5) is 35.9. The van der Waals surface area contributed by atoms with Gasteiger partial charge in [0.15, 0.2) is 11.5 Å². The van der Waals surface area contributed by atoms with Crippen LogP contribution in [0, 0.1) is 5.82 Å². The first kappa shape index (κ1) is 32.8. The molecule has 0 bridgehead atoms. The smallest absolute Gasteiger partial charge is 0.369 e. The summed E-state index contributed by atoms with van der Waals surface area (Å²) >= 11 is 0. The van der Waals surface area contributed by atoms with Gasteiger partial charge in [-0.15, -0.1) is 0 Å². The number of benzene rings is 3. The number of guanidine groups is 1. The highest BCUT2D eigenvalue weighted by Gasteiger charge is 2.49. The largest absolute Gasteiger partial charge is 0.417 e. The molecule has 3 aromatic rings. The van der Waals surface area contributed by atoms with Crippen LogP contribution in [0.2, 0.25) is 0 Å². The normalized spacial score (nSPS) is 19.1. The van der Waals surface area contributed by atoms with E-state index in [9.17, 15) is 40.3 Å². The van der Waals surface area contributed by atoms with Crippen LogP contribution in [0.5, 0.6) is 0 Å². The highest BCUT2D eigenvalue weighted by molar-refractivity contribution is 6.07. The Morgan fingerprint density at radius 1 is 0.891 bits per heavy atom. The highest BCUT2D eigenvalue weighted by atomic mass is 19.4. The molecule has 2 aliphatic heterocycles. The number of hydrogen-bond acceptors (Lipinski definition) is 5. The zero-order chi connectivity index (χ0) is 33.3. The zero-order valence-corrected chi connectivity index (χ0v) is 24.4. The predicted octanol–water partition coefficient (Wildman–Crippen LogP) is 6.09. The highest BCUT2D eigenvalue weighted by Crippen LogP contribution is 2.40. The molecule has 0 radical (unpaired) electrons. The number of nitrogens with zero attached hydrogens (tertiary/aromatic N) is 4. The molecule has 14 heteroatoms. The summed E-state index contributed by atoms with van der Waals surface area (Å²) in [6.45, 7) is 0.767. The molecule has 0 aliphatic carbocycles. The van der Waals surface area contributed by atoms with Crippen LogP contribution in [0.15, 0.2) is 77.8 Å². The molecule has 7 nitrogen and oxygen atoms in total. The molecule has 2 amide bonds. The number of carbonyl (C=O) groups excluding carboxylic acids is 2. The van der Waals surface area contributed by atoms with E-state index in [1.807, 2.05) is 35.2 Å². The molecule has 244 valence electrons. The number of para-hydroxylation sites is 1. The Morgan fingerprint density at radius 3 is 2.15 bits per heavy atom. The second-order valence-corrected chi connectivity index (χ2v) is 11.2. The average molecular weight is 650 g/mol. The number of alkyl halides is 6. The van der Waals surface area contributed by atoms with Gasteiger partial charge in [-0.3, -0.25) is 14.5 Å². The first-order valence-electron chi connectivity index (χ1n) is 14.5. The van der Waals surface area contributed by atoms with Crippen molar-refractivity contribution in [2.24, 2.45) is 10.7 Å². The van der Waals surface area contributed by atoms with E-state index in [-0.39, 0.29) is 30.2 Å². The minimum absolute atomic E-state index is 0.115. The van der Waals surface area contributed by atoms with E-state index in [2.05, 4.69) is 4.99 Å². The lowest BCUT2D eigenvalue weighted by Crippen LogP contribution is -2.49. The van der Waals surface area contributed by atoms with Crippen molar-refractivity contribution >= 4 is 23.5 Å². The number of hydrogen-bond donors (Lipinski definition) is 1. The van der Waals surface area contributed by atoms with E-state index >= 15 is 0 Å². The summed E-state index contributed by atoms with van der Waals surface area (Å²) in [5.41, 5.74) is 3.61. The van der Waals surface area contributed by atoms with Gasteiger partial charge in [0.05, 0.1) is 17.7 Å². The molecular weight excluding hydrogens is 619 g/mol. The van der Waals surface area contributed by atoms with Crippen molar-refractivity contribution in [3.63, 3.8) is 0 Å². The minimum Gasteiger partial charge on any atom is -0.369 e. The van der Waals surface area contributed by atoms with Gasteiger partial charge in [0.2, 0.25) is 0 Å². The van der Waals surface area contributed by atoms with Gasteiger partial charge in [-0.2, -0.15) is 26.3 Å². The van der Waals surface area contributed by atoms with Crippen molar-refractivity contribution in [2.45, 2.75) is 43.7 Å². The third kappa shape index (κ3) is 6.95. The maximum atomic E-state index is 14.1. The molecule has 0 unspecified atom stereocenters. The van der Waals surface area contributed by atoms with Crippen LogP contribution in [-0.4, -0.2) is 59.9 Å². The molecule has 3 aromatic carbocycles. The van der Waals surface area contributed by atoms with E-state index in [0.717, 1.165) is 40.9 Å². The Balaban J connectivity index is 1.40. The van der Waals surface area contributed by atoms with Gasteiger partial charge < -0.3 is 15.5 Å². The molecule has 2 heterocycles. The molecule has 2 N–H and O–H groups in total. The van der Waals surface area contributed by atoms with Crippen molar-refractivity contribution in [1.82, 2.24) is 9.80 Å². The standard InChI is InChI=1S/C32H30F7N5O2/c33-23-10-8-22(9-11-23)30(13-4-14-31(34,35)36)28(46)44(29(40)41-30)20-21-7-12-26(32(37,38)39)25(19-21)27(45)43-17-15-42(16-18-43)24-5-2-1-3-6-24/h1-3,5-12,19H,4,13-18,20H2,(H2,40,41)/t30-/m1/s1. The van der Waals surface area contributed by atoms with E-state index in [0.29, 0.717) is 13.1 Å². The van der Waals surface area contributed by atoms with Crippen LogP contribution in [0.25, 0.3) is 0 Å². The summed E-state index contributed by atoms with van der Waals surface area (Å²) in [6.07, 6.45) is -11.5. The van der Waals surface area contributed by atoms with Gasteiger partial charge >= 0.3 is 12.4 Å². The van der Waals surface area contributed by atoms with Crippen molar-refractivity contribution in [1.29, 1.82) is 0 Å². The predicted molar refractivity (Wildman–Crippen MR) is 156 cm³/mol. The third-order valence-electron chi connectivity index (χ3n) is 8.15. The Kier molecular flexibility index (Phi) is 9.00.